The molecule has 1 aromatic rings. The maximum atomic E-state index is 12.9. The van der Waals surface area contributed by atoms with E-state index < -0.39 is 5.82 Å². The summed E-state index contributed by atoms with van der Waals surface area (Å²) in [5, 5.41) is 16.9. The molecule has 0 amide bonds. The fourth-order valence-corrected chi connectivity index (χ4v) is 0.839. The molecule has 1 N–H and O–H groups in total. The number of nitriles is 1. The molecular weight excluding hydrogens is 173 g/mol. The van der Waals surface area contributed by atoms with Gasteiger partial charge in [0.25, 0.3) is 0 Å². The minimum atomic E-state index is -0.535. The van der Waals surface area contributed by atoms with E-state index in [-0.39, 0.29) is 19.0 Å². The second-order valence-electron chi connectivity index (χ2n) is 2.33. The van der Waals surface area contributed by atoms with Gasteiger partial charge in [-0.05, 0) is 12.1 Å². The van der Waals surface area contributed by atoms with E-state index in [0.717, 1.165) is 6.07 Å². The van der Waals surface area contributed by atoms with Crippen LogP contribution < -0.4 is 4.74 Å². The molecule has 13 heavy (non-hydrogen) atoms. The van der Waals surface area contributed by atoms with Gasteiger partial charge >= 0.3 is 0 Å². The van der Waals surface area contributed by atoms with Crippen LogP contribution in [0.1, 0.15) is 5.56 Å². The van der Waals surface area contributed by atoms with Crippen LogP contribution in [0.5, 0.6) is 5.75 Å². The Labute approximate surface area is 75.0 Å². The Hall–Kier alpha value is -1.60. The predicted molar refractivity (Wildman–Crippen MR) is 43.7 cm³/mol. The number of rotatable bonds is 3. The molecule has 68 valence electrons. The van der Waals surface area contributed by atoms with Gasteiger partial charge in [0.15, 0.2) is 11.6 Å². The zero-order valence-electron chi connectivity index (χ0n) is 6.83. The lowest BCUT2D eigenvalue weighted by Crippen LogP contribution is -2.03. The van der Waals surface area contributed by atoms with Crippen molar-refractivity contribution in [3.8, 4) is 11.8 Å². The van der Waals surface area contributed by atoms with Crippen LogP contribution in [0.2, 0.25) is 0 Å². The van der Waals surface area contributed by atoms with Gasteiger partial charge in [-0.3, -0.25) is 0 Å². The standard InChI is InChI=1S/C9H8FNO2/c10-8-2-1-7(6-11)5-9(8)13-4-3-12/h1-2,5,12H,3-4H2. The second-order valence-corrected chi connectivity index (χ2v) is 2.33. The molecule has 0 aromatic heterocycles. The van der Waals surface area contributed by atoms with E-state index >= 15 is 0 Å². The summed E-state index contributed by atoms with van der Waals surface area (Å²) >= 11 is 0. The Morgan fingerprint density at radius 2 is 2.31 bits per heavy atom. The van der Waals surface area contributed by atoms with E-state index in [9.17, 15) is 4.39 Å². The minimum Gasteiger partial charge on any atom is -0.488 e. The largest absolute Gasteiger partial charge is 0.488 e. The first-order valence-corrected chi connectivity index (χ1v) is 3.71. The van der Waals surface area contributed by atoms with Gasteiger partial charge in [0.1, 0.15) is 6.61 Å². The first-order valence-electron chi connectivity index (χ1n) is 3.71. The average molecular weight is 181 g/mol. The first-order chi connectivity index (χ1) is 6.27. The number of nitrogens with zero attached hydrogens (tertiary/aromatic N) is 1. The third-order valence-electron chi connectivity index (χ3n) is 1.41. The Kier molecular flexibility index (Phi) is 3.23. The molecule has 0 aliphatic heterocycles. The Balaban J connectivity index is 2.85. The topological polar surface area (TPSA) is 53.2 Å². The Morgan fingerprint density at radius 1 is 1.54 bits per heavy atom. The van der Waals surface area contributed by atoms with E-state index in [1.807, 2.05) is 6.07 Å². The van der Waals surface area contributed by atoms with Crippen LogP contribution in [-0.2, 0) is 0 Å². The fraction of sp³-hybridized carbons (Fsp3) is 0.222. The average Bonchev–Trinajstić information content (AvgIpc) is 2.17. The summed E-state index contributed by atoms with van der Waals surface area (Å²) in [6.07, 6.45) is 0. The Bertz CT molecular complexity index is 333. The van der Waals surface area contributed by atoms with E-state index in [1.54, 1.807) is 0 Å². The number of hydrogen-bond acceptors (Lipinski definition) is 3. The third kappa shape index (κ3) is 2.42. The van der Waals surface area contributed by atoms with Gasteiger partial charge in [-0.1, -0.05) is 0 Å². The van der Waals surface area contributed by atoms with Crippen molar-refractivity contribution in [1.29, 1.82) is 5.26 Å². The molecule has 0 bridgehead atoms. The van der Waals surface area contributed by atoms with Gasteiger partial charge in [-0.25, -0.2) is 4.39 Å². The highest BCUT2D eigenvalue weighted by Gasteiger charge is 2.03. The van der Waals surface area contributed by atoms with Crippen LogP contribution in [0.3, 0.4) is 0 Å². The number of hydrogen-bond donors (Lipinski definition) is 1. The van der Waals surface area contributed by atoms with Gasteiger partial charge in [-0.2, -0.15) is 5.26 Å². The van der Waals surface area contributed by atoms with Gasteiger partial charge < -0.3 is 9.84 Å². The zero-order chi connectivity index (χ0) is 9.68. The molecule has 0 unspecified atom stereocenters. The minimum absolute atomic E-state index is 0.00639. The van der Waals surface area contributed by atoms with Crippen LogP contribution in [0, 0.1) is 17.1 Å². The van der Waals surface area contributed by atoms with Crippen LogP contribution >= 0.6 is 0 Å². The molecule has 1 aromatic carbocycles. The number of aliphatic hydroxyl groups is 1. The summed E-state index contributed by atoms with van der Waals surface area (Å²) in [7, 11) is 0. The molecule has 0 fully saturated rings. The number of ether oxygens (including phenoxy) is 1. The lowest BCUT2D eigenvalue weighted by molar-refractivity contribution is 0.196. The molecule has 0 heterocycles. The second kappa shape index (κ2) is 4.43. The summed E-state index contributed by atoms with van der Waals surface area (Å²) < 4.78 is 17.8. The highest BCUT2D eigenvalue weighted by atomic mass is 19.1. The molecule has 0 saturated heterocycles. The van der Waals surface area contributed by atoms with Crippen LogP contribution in [0.15, 0.2) is 18.2 Å². The predicted octanol–water partition coefficient (Wildman–Crippen LogP) is 1.07. The maximum absolute atomic E-state index is 12.9. The van der Waals surface area contributed by atoms with Gasteiger partial charge in [-0.15, -0.1) is 0 Å². The number of aliphatic hydroxyl groups excluding tert-OH is 1. The quantitative estimate of drug-likeness (QED) is 0.758. The van der Waals surface area contributed by atoms with Crippen molar-refractivity contribution >= 4 is 0 Å². The number of halogens is 1. The molecule has 0 atom stereocenters. The molecule has 4 heteroatoms. The third-order valence-corrected chi connectivity index (χ3v) is 1.41. The van der Waals surface area contributed by atoms with Crippen LogP contribution in [0.25, 0.3) is 0 Å². The van der Waals surface area contributed by atoms with Crippen molar-refractivity contribution in [3.63, 3.8) is 0 Å². The summed E-state index contributed by atoms with van der Waals surface area (Å²) in [4.78, 5) is 0. The van der Waals surface area contributed by atoms with Gasteiger partial charge in [0.2, 0.25) is 0 Å². The molecule has 0 spiro atoms. The highest BCUT2D eigenvalue weighted by Crippen LogP contribution is 2.17. The number of benzene rings is 1. The van der Waals surface area contributed by atoms with Crippen molar-refractivity contribution in [2.24, 2.45) is 0 Å². The molecule has 0 aliphatic carbocycles. The van der Waals surface area contributed by atoms with E-state index in [2.05, 4.69) is 0 Å². The molecule has 0 aliphatic rings. The molecular formula is C9H8FNO2. The lowest BCUT2D eigenvalue weighted by Gasteiger charge is -2.04. The maximum Gasteiger partial charge on any atom is 0.165 e. The Morgan fingerprint density at radius 3 is 2.92 bits per heavy atom. The zero-order valence-corrected chi connectivity index (χ0v) is 6.83. The van der Waals surface area contributed by atoms with E-state index in [0.29, 0.717) is 5.56 Å². The van der Waals surface area contributed by atoms with Crippen LogP contribution in [0.4, 0.5) is 4.39 Å². The van der Waals surface area contributed by atoms with Crippen molar-refractivity contribution < 1.29 is 14.2 Å². The van der Waals surface area contributed by atoms with Gasteiger partial charge in [0, 0.05) is 6.07 Å². The molecule has 1 rings (SSSR count). The monoisotopic (exact) mass is 181 g/mol. The summed E-state index contributed by atoms with van der Waals surface area (Å²) in [5.41, 5.74) is 0.328. The molecule has 0 saturated carbocycles. The van der Waals surface area contributed by atoms with Gasteiger partial charge in [0.05, 0.1) is 18.2 Å². The van der Waals surface area contributed by atoms with Crippen molar-refractivity contribution in [2.75, 3.05) is 13.2 Å². The molecule has 0 radical (unpaired) electrons. The first kappa shape index (κ1) is 9.49. The van der Waals surface area contributed by atoms with Crippen molar-refractivity contribution in [3.05, 3.63) is 29.6 Å². The summed E-state index contributed by atoms with van der Waals surface area (Å²) in [6.45, 7) is -0.165. The fourth-order valence-electron chi connectivity index (χ4n) is 0.839. The normalized spacial score (nSPS) is 9.31. The summed E-state index contributed by atoms with van der Waals surface area (Å²) in [6, 6.07) is 5.68. The van der Waals surface area contributed by atoms with E-state index in [1.165, 1.54) is 12.1 Å². The van der Waals surface area contributed by atoms with Crippen LogP contribution in [-0.4, -0.2) is 18.3 Å². The van der Waals surface area contributed by atoms with Crippen molar-refractivity contribution in [1.82, 2.24) is 0 Å². The van der Waals surface area contributed by atoms with Crippen molar-refractivity contribution in [2.45, 2.75) is 0 Å². The molecule has 3 nitrogen and oxygen atoms in total. The van der Waals surface area contributed by atoms with E-state index in [4.69, 9.17) is 15.1 Å². The lowest BCUT2D eigenvalue weighted by atomic mass is 10.2. The SMILES string of the molecule is N#Cc1ccc(F)c(OCCO)c1. The smallest absolute Gasteiger partial charge is 0.165 e. The summed E-state index contributed by atoms with van der Waals surface area (Å²) in [5.74, 6) is -0.541. The highest BCUT2D eigenvalue weighted by molar-refractivity contribution is 5.37.